The third-order valence-corrected chi connectivity index (χ3v) is 13.4. The van der Waals surface area contributed by atoms with E-state index in [0.717, 1.165) is 51.6 Å². The van der Waals surface area contributed by atoms with Crippen molar-refractivity contribution in [2.75, 3.05) is 26.4 Å². The first-order valence-electron chi connectivity index (χ1n) is 12.2. The van der Waals surface area contributed by atoms with Crippen LogP contribution in [0.4, 0.5) is 0 Å². The Labute approximate surface area is 185 Å². The van der Waals surface area contributed by atoms with Crippen LogP contribution in [0.25, 0.3) is 0 Å². The molecule has 0 bridgehead atoms. The zero-order chi connectivity index (χ0) is 22.2. The second kappa shape index (κ2) is 9.10. The van der Waals surface area contributed by atoms with Crippen LogP contribution in [0.5, 0.6) is 0 Å². The van der Waals surface area contributed by atoms with Crippen LogP contribution in [0.15, 0.2) is 0 Å². The normalized spacial score (nSPS) is 36.4. The Bertz CT molecular complexity index is 568. The molecule has 0 aromatic carbocycles. The van der Waals surface area contributed by atoms with Gasteiger partial charge in [-0.15, -0.1) is 0 Å². The number of hydrogen-bond donors (Lipinski definition) is 2. The molecule has 3 aliphatic rings. The highest BCUT2D eigenvalue weighted by Crippen LogP contribution is 2.66. The first-order valence-corrected chi connectivity index (χ1v) is 15.1. The molecule has 5 atom stereocenters. The van der Waals surface area contributed by atoms with Gasteiger partial charge in [0.25, 0.3) is 0 Å². The first-order chi connectivity index (χ1) is 14.0. The van der Waals surface area contributed by atoms with E-state index in [1.807, 2.05) is 0 Å². The van der Waals surface area contributed by atoms with Crippen molar-refractivity contribution in [2.45, 2.75) is 103 Å². The Balaban J connectivity index is 1.83. The molecule has 5 nitrogen and oxygen atoms in total. The van der Waals surface area contributed by atoms with E-state index in [4.69, 9.17) is 13.9 Å². The second-order valence-electron chi connectivity index (χ2n) is 11.7. The molecule has 0 radical (unpaired) electrons. The minimum atomic E-state index is -1.77. The van der Waals surface area contributed by atoms with Gasteiger partial charge in [-0.3, -0.25) is 0 Å². The third-order valence-electron chi connectivity index (χ3n) is 8.82. The number of aliphatic hydroxyl groups excluding tert-OH is 2. The summed E-state index contributed by atoms with van der Waals surface area (Å²) in [6.45, 7) is 16.0. The molecular formula is C24H46O5Si. The highest BCUT2D eigenvalue weighted by molar-refractivity contribution is 6.74. The molecule has 1 saturated heterocycles. The monoisotopic (exact) mass is 442 g/mol. The van der Waals surface area contributed by atoms with Gasteiger partial charge in [-0.25, -0.2) is 0 Å². The summed E-state index contributed by atoms with van der Waals surface area (Å²) in [4.78, 5) is 0. The van der Waals surface area contributed by atoms with E-state index in [9.17, 15) is 10.2 Å². The number of fused-ring (bicyclic) bond motifs is 2. The summed E-state index contributed by atoms with van der Waals surface area (Å²) in [7, 11) is -1.77. The minimum Gasteiger partial charge on any atom is -0.417 e. The molecule has 6 heteroatoms. The molecule has 1 aliphatic heterocycles. The summed E-state index contributed by atoms with van der Waals surface area (Å²) >= 11 is 0. The summed E-state index contributed by atoms with van der Waals surface area (Å²) in [5.74, 6) is 0.483. The maximum absolute atomic E-state index is 11.1. The second-order valence-corrected chi connectivity index (χ2v) is 16.5. The number of hydrogen-bond acceptors (Lipinski definition) is 5. The lowest BCUT2D eigenvalue weighted by Crippen LogP contribution is -2.59. The zero-order valence-corrected chi connectivity index (χ0v) is 21.2. The highest BCUT2D eigenvalue weighted by Gasteiger charge is 2.69. The van der Waals surface area contributed by atoms with Crippen molar-refractivity contribution in [3.05, 3.63) is 0 Å². The zero-order valence-electron chi connectivity index (χ0n) is 20.2. The van der Waals surface area contributed by atoms with Crippen molar-refractivity contribution in [3.63, 3.8) is 0 Å². The van der Waals surface area contributed by atoms with Crippen LogP contribution < -0.4 is 0 Å². The van der Waals surface area contributed by atoms with Gasteiger partial charge in [0.1, 0.15) is 0 Å². The Morgan fingerprint density at radius 3 is 2.37 bits per heavy atom. The number of aliphatic hydroxyl groups is 2. The molecule has 0 amide bonds. The molecule has 30 heavy (non-hydrogen) atoms. The number of rotatable bonds is 8. The third kappa shape index (κ3) is 4.29. The van der Waals surface area contributed by atoms with E-state index in [2.05, 4.69) is 40.8 Å². The van der Waals surface area contributed by atoms with Gasteiger partial charge in [0.05, 0.1) is 19.3 Å². The van der Waals surface area contributed by atoms with Crippen molar-refractivity contribution < 1.29 is 24.1 Å². The lowest BCUT2D eigenvalue weighted by molar-refractivity contribution is -0.293. The van der Waals surface area contributed by atoms with Gasteiger partial charge < -0.3 is 24.1 Å². The topological polar surface area (TPSA) is 68.2 Å². The van der Waals surface area contributed by atoms with Crippen LogP contribution >= 0.6 is 0 Å². The van der Waals surface area contributed by atoms with Crippen molar-refractivity contribution in [2.24, 2.45) is 23.2 Å². The van der Waals surface area contributed by atoms with Gasteiger partial charge in [-0.05, 0) is 74.4 Å². The van der Waals surface area contributed by atoms with E-state index >= 15 is 0 Å². The molecule has 1 heterocycles. The Morgan fingerprint density at radius 2 is 1.77 bits per heavy atom. The van der Waals surface area contributed by atoms with Gasteiger partial charge in [0.2, 0.25) is 0 Å². The maximum Gasteiger partial charge on any atom is 0.191 e. The molecule has 2 N–H and O–H groups in total. The smallest absolute Gasteiger partial charge is 0.191 e. The molecular weight excluding hydrogens is 396 g/mol. The van der Waals surface area contributed by atoms with E-state index in [1.54, 1.807) is 0 Å². The fourth-order valence-electron chi connectivity index (χ4n) is 6.52. The molecule has 176 valence electrons. The summed E-state index contributed by atoms with van der Waals surface area (Å²) in [6.07, 6.45) is 6.03. The summed E-state index contributed by atoms with van der Waals surface area (Å²) in [5, 5.41) is 20.8. The van der Waals surface area contributed by atoms with Crippen LogP contribution in [0.2, 0.25) is 18.1 Å². The van der Waals surface area contributed by atoms with E-state index in [-0.39, 0.29) is 29.1 Å². The maximum atomic E-state index is 11.1. The van der Waals surface area contributed by atoms with E-state index in [1.165, 1.54) is 0 Å². The fraction of sp³-hybridized carbons (Fsp3) is 1.00. The minimum absolute atomic E-state index is 0.119. The van der Waals surface area contributed by atoms with Gasteiger partial charge in [-0.1, -0.05) is 27.7 Å². The molecule has 0 aromatic rings. The van der Waals surface area contributed by atoms with Crippen LogP contribution in [0.1, 0.15) is 72.6 Å². The summed E-state index contributed by atoms with van der Waals surface area (Å²) in [5.41, 5.74) is -0.179. The Morgan fingerprint density at radius 1 is 1.10 bits per heavy atom. The standard InChI is InChI=1S/C24H46O5Si/c1-18-15-19-16-21(26)20(9-7-11-25)23(19,24(17-18)27-13-14-28-24)10-8-12-29-30(5,6)22(2,3)4/h18-21,25-26H,7-17H2,1-6H3/t18-,19+,20+,21-,23+/m1/s1. The quantitative estimate of drug-likeness (QED) is 0.421. The van der Waals surface area contributed by atoms with Gasteiger partial charge >= 0.3 is 0 Å². The lowest BCUT2D eigenvalue weighted by atomic mass is 9.55. The first kappa shape index (κ1) is 24.7. The van der Waals surface area contributed by atoms with Crippen LogP contribution in [0, 0.1) is 23.2 Å². The predicted octanol–water partition coefficient (Wildman–Crippen LogP) is 4.72. The lowest BCUT2D eigenvalue weighted by Gasteiger charge is -2.56. The van der Waals surface area contributed by atoms with Crippen LogP contribution in [-0.2, 0) is 13.9 Å². The number of ether oxygens (including phenoxy) is 2. The molecule has 1 spiro atoms. The molecule has 3 fully saturated rings. The van der Waals surface area contributed by atoms with Gasteiger partial charge in [-0.2, -0.15) is 0 Å². The average molecular weight is 443 g/mol. The largest absolute Gasteiger partial charge is 0.417 e. The van der Waals surface area contributed by atoms with Crippen molar-refractivity contribution >= 4 is 8.32 Å². The molecule has 3 rings (SSSR count). The van der Waals surface area contributed by atoms with Gasteiger partial charge in [0, 0.05) is 25.0 Å². The van der Waals surface area contributed by atoms with E-state index in [0.29, 0.717) is 25.0 Å². The van der Waals surface area contributed by atoms with Crippen LogP contribution in [-0.4, -0.2) is 56.8 Å². The van der Waals surface area contributed by atoms with Crippen molar-refractivity contribution in [3.8, 4) is 0 Å². The SMILES string of the molecule is C[C@@H]1C[C@H]2C[C@@H](O)[C@H](CCCO)[C@@]2(CCCO[Si](C)(C)C(C)(C)C)C2(C1)OCCO2. The Hall–Kier alpha value is 0.0169. The Kier molecular flexibility index (Phi) is 7.48. The molecule has 0 aromatic heterocycles. The molecule has 2 saturated carbocycles. The summed E-state index contributed by atoms with van der Waals surface area (Å²) < 4.78 is 19.4. The highest BCUT2D eigenvalue weighted by atomic mass is 28.4. The van der Waals surface area contributed by atoms with Crippen LogP contribution in [0.3, 0.4) is 0 Å². The molecule has 2 aliphatic carbocycles. The average Bonchev–Trinajstić information content (AvgIpc) is 3.20. The summed E-state index contributed by atoms with van der Waals surface area (Å²) in [6, 6.07) is 0. The van der Waals surface area contributed by atoms with Gasteiger partial charge in [0.15, 0.2) is 14.1 Å². The fourth-order valence-corrected chi connectivity index (χ4v) is 7.61. The van der Waals surface area contributed by atoms with Crippen molar-refractivity contribution in [1.29, 1.82) is 0 Å². The predicted molar refractivity (Wildman–Crippen MR) is 122 cm³/mol. The molecule has 0 unspecified atom stereocenters. The van der Waals surface area contributed by atoms with E-state index < -0.39 is 14.1 Å². The van der Waals surface area contributed by atoms with Crippen molar-refractivity contribution in [1.82, 2.24) is 0 Å².